The zero-order chi connectivity index (χ0) is 40.2. The Bertz CT molecular complexity index is 2630. The summed E-state index contributed by atoms with van der Waals surface area (Å²) in [6.45, 7) is 8.79. The van der Waals surface area contributed by atoms with E-state index in [4.69, 9.17) is 0 Å². The van der Waals surface area contributed by atoms with Crippen LogP contribution in [-0.4, -0.2) is 14.2 Å². The summed E-state index contributed by atoms with van der Waals surface area (Å²) in [6, 6.07) is 13.1. The molecule has 0 unspecified atom stereocenters. The van der Waals surface area contributed by atoms with Crippen LogP contribution in [0.1, 0.15) is 168 Å². The topological polar surface area (TPSA) is 105 Å². The number of fused-ring (bicyclic) bond motifs is 2. The molecule has 0 atom stereocenters. The first-order valence-electron chi connectivity index (χ1n) is 22.5. The van der Waals surface area contributed by atoms with Crippen LogP contribution in [0.5, 0.6) is 5.88 Å². The molecule has 7 rings (SSSR count). The van der Waals surface area contributed by atoms with Crippen LogP contribution in [0.2, 0.25) is 0 Å². The Labute approximate surface area is 336 Å². The Hall–Kier alpha value is -4.52. The summed E-state index contributed by atoms with van der Waals surface area (Å²) >= 11 is 0. The standard InChI is InChI=1S/C50H63N3O4/c1-5-9-13-17-21-32(22-18-14-10-6-2)52-47(54)37-28-25-34-35-26-29-39-44-40(31-41(51)45(46(35)44)36-27-30-38(48(52)55)43(37)42(34)36)50(57)53(49(39)56)33(23-19-15-11-7-3)24-20-16-12-8-4/h25-33,51,54H,5-24H2,1-4H3. The van der Waals surface area contributed by atoms with E-state index in [-0.39, 0.29) is 40.0 Å². The lowest BCUT2D eigenvalue weighted by Gasteiger charge is -2.25. The van der Waals surface area contributed by atoms with Gasteiger partial charge in [-0.05, 0) is 71.5 Å². The first kappa shape index (κ1) is 40.7. The van der Waals surface area contributed by atoms with E-state index in [0.717, 1.165) is 155 Å². The quantitative estimate of drug-likeness (QED) is 0.0407. The largest absolute Gasteiger partial charge is 0.494 e. The molecule has 4 aromatic carbocycles. The zero-order valence-corrected chi connectivity index (χ0v) is 34.9. The van der Waals surface area contributed by atoms with E-state index in [1.807, 2.05) is 36.4 Å². The Morgan fingerprint density at radius 1 is 0.474 bits per heavy atom. The molecule has 0 saturated carbocycles. The monoisotopic (exact) mass is 769 g/mol. The molecular weight excluding hydrogens is 707 g/mol. The highest BCUT2D eigenvalue weighted by Crippen LogP contribution is 2.46. The summed E-state index contributed by atoms with van der Waals surface area (Å²) in [6.07, 6.45) is 20.8. The Balaban J connectivity index is 1.43. The Morgan fingerprint density at radius 2 is 0.895 bits per heavy atom. The predicted octanol–water partition coefficient (Wildman–Crippen LogP) is 12.7. The van der Waals surface area contributed by atoms with Crippen molar-refractivity contribution in [1.29, 1.82) is 5.41 Å². The summed E-state index contributed by atoms with van der Waals surface area (Å²) in [4.78, 5) is 43.7. The van der Waals surface area contributed by atoms with Gasteiger partial charge in [0.2, 0.25) is 5.88 Å². The summed E-state index contributed by atoms with van der Waals surface area (Å²) in [7, 11) is 0. The van der Waals surface area contributed by atoms with Gasteiger partial charge in [0, 0.05) is 50.0 Å². The molecule has 0 amide bonds. The molecule has 2 N–H and O–H groups in total. The van der Waals surface area contributed by atoms with E-state index in [1.165, 1.54) is 4.57 Å². The molecule has 1 aliphatic carbocycles. The van der Waals surface area contributed by atoms with Gasteiger partial charge >= 0.3 is 0 Å². The predicted molar refractivity (Wildman–Crippen MR) is 240 cm³/mol. The second kappa shape index (κ2) is 18.0. The molecule has 1 aliphatic heterocycles. The molecule has 7 nitrogen and oxygen atoms in total. The number of hydrogen-bond acceptors (Lipinski definition) is 5. The van der Waals surface area contributed by atoms with Gasteiger partial charge in [-0.2, -0.15) is 0 Å². The van der Waals surface area contributed by atoms with Gasteiger partial charge in [0.05, 0.1) is 10.9 Å². The summed E-state index contributed by atoms with van der Waals surface area (Å²) in [5.41, 5.74) is 0.360. The third-order valence-electron chi connectivity index (χ3n) is 13.1. The third-order valence-corrected chi connectivity index (χ3v) is 13.1. The number of nitrogens with one attached hydrogen (secondary N) is 1. The molecule has 0 fully saturated rings. The second-order valence-electron chi connectivity index (χ2n) is 17.0. The lowest BCUT2D eigenvalue weighted by atomic mass is 9.83. The van der Waals surface area contributed by atoms with Gasteiger partial charge in [0.1, 0.15) is 0 Å². The van der Waals surface area contributed by atoms with Gasteiger partial charge in [-0.15, -0.1) is 0 Å². The number of hydrogen-bond donors (Lipinski definition) is 2. The SMILES string of the molecule is CCCCCCC(CCCCCC)n1c(O)c2ccc3c4ccc5c6c4c(c(=N)cc-6c(=O)n(C(CCCCCC)CCCCCC)c5=O)c4ccc(c1=O)c2c34. The van der Waals surface area contributed by atoms with Crippen molar-refractivity contribution in [3.63, 3.8) is 0 Å². The third kappa shape index (κ3) is 7.40. The number of unbranched alkanes of at least 4 members (excludes halogenated alkanes) is 12. The Kier molecular flexibility index (Phi) is 12.8. The van der Waals surface area contributed by atoms with Crippen molar-refractivity contribution in [2.45, 2.75) is 168 Å². The number of pyridine rings is 2. The second-order valence-corrected chi connectivity index (χ2v) is 17.0. The van der Waals surface area contributed by atoms with Crippen molar-refractivity contribution in [2.75, 3.05) is 0 Å². The van der Waals surface area contributed by atoms with Gasteiger partial charge in [-0.1, -0.05) is 149 Å². The van der Waals surface area contributed by atoms with E-state index in [9.17, 15) is 24.9 Å². The van der Waals surface area contributed by atoms with Gasteiger partial charge in [0.15, 0.2) is 0 Å². The van der Waals surface area contributed by atoms with Gasteiger partial charge in [0.25, 0.3) is 16.7 Å². The maximum Gasteiger partial charge on any atom is 0.261 e. The van der Waals surface area contributed by atoms with Crippen LogP contribution < -0.4 is 22.0 Å². The van der Waals surface area contributed by atoms with E-state index in [1.54, 1.807) is 10.6 Å². The normalized spacial score (nSPS) is 12.5. The lowest BCUT2D eigenvalue weighted by Crippen LogP contribution is -2.38. The van der Waals surface area contributed by atoms with Crippen LogP contribution in [0, 0.1) is 5.41 Å². The number of aromatic hydroxyl groups is 1. The fraction of sp³-hybridized carbons (Fsp3) is 0.520. The molecule has 5 aromatic rings. The number of benzene rings is 5. The molecule has 302 valence electrons. The van der Waals surface area contributed by atoms with Gasteiger partial charge < -0.3 is 10.5 Å². The molecule has 2 aliphatic rings. The van der Waals surface area contributed by atoms with Crippen LogP contribution in [0.25, 0.3) is 65.0 Å². The van der Waals surface area contributed by atoms with E-state index in [2.05, 4.69) is 27.7 Å². The minimum Gasteiger partial charge on any atom is -0.494 e. The lowest BCUT2D eigenvalue weighted by molar-refractivity contribution is 0.334. The number of aromatic nitrogens is 2. The molecule has 7 heteroatoms. The van der Waals surface area contributed by atoms with E-state index < -0.39 is 0 Å². The molecule has 2 heterocycles. The van der Waals surface area contributed by atoms with Gasteiger partial charge in [-0.3, -0.25) is 23.5 Å². The smallest absolute Gasteiger partial charge is 0.261 e. The molecular formula is C50H63N3O4. The molecule has 0 bridgehead atoms. The molecule has 0 radical (unpaired) electrons. The van der Waals surface area contributed by atoms with Crippen LogP contribution in [0.3, 0.4) is 0 Å². The van der Waals surface area contributed by atoms with Gasteiger partial charge in [-0.25, -0.2) is 0 Å². The summed E-state index contributed by atoms with van der Waals surface area (Å²) in [5.74, 6) is 0.0181. The number of rotatable bonds is 22. The molecule has 0 saturated heterocycles. The van der Waals surface area contributed by atoms with Crippen molar-refractivity contribution in [1.82, 2.24) is 9.13 Å². The van der Waals surface area contributed by atoms with Crippen LogP contribution in [0.15, 0.2) is 56.8 Å². The number of nitrogens with zero attached hydrogens (tertiary/aromatic N) is 2. The Morgan fingerprint density at radius 3 is 1.44 bits per heavy atom. The summed E-state index contributed by atoms with van der Waals surface area (Å²) < 4.78 is 3.22. The average molecular weight is 770 g/mol. The first-order valence-corrected chi connectivity index (χ1v) is 22.5. The summed E-state index contributed by atoms with van der Waals surface area (Å²) in [5, 5.41) is 29.0. The highest BCUT2D eigenvalue weighted by atomic mass is 16.3. The van der Waals surface area contributed by atoms with Crippen LogP contribution in [0.4, 0.5) is 0 Å². The average Bonchev–Trinajstić information content (AvgIpc) is 3.21. The minimum absolute atomic E-state index is 0.0181. The van der Waals surface area contributed by atoms with Crippen LogP contribution in [-0.2, 0) is 0 Å². The van der Waals surface area contributed by atoms with Crippen molar-refractivity contribution < 1.29 is 5.11 Å². The van der Waals surface area contributed by atoms with Crippen molar-refractivity contribution in [3.8, 4) is 17.0 Å². The highest BCUT2D eigenvalue weighted by Gasteiger charge is 2.29. The van der Waals surface area contributed by atoms with Crippen molar-refractivity contribution >= 4 is 53.9 Å². The maximum absolute atomic E-state index is 14.6. The fourth-order valence-corrected chi connectivity index (χ4v) is 10.1. The minimum atomic E-state index is -0.291. The fourth-order valence-electron chi connectivity index (χ4n) is 10.1. The van der Waals surface area contributed by atoms with E-state index >= 15 is 0 Å². The maximum atomic E-state index is 14.6. The zero-order valence-electron chi connectivity index (χ0n) is 34.9. The molecule has 57 heavy (non-hydrogen) atoms. The highest BCUT2D eigenvalue weighted by molar-refractivity contribution is 6.37. The van der Waals surface area contributed by atoms with Crippen molar-refractivity contribution in [3.05, 3.63) is 78.9 Å². The van der Waals surface area contributed by atoms with E-state index in [0.29, 0.717) is 38.1 Å². The molecule has 1 aromatic heterocycles. The van der Waals surface area contributed by atoms with Crippen LogP contribution >= 0.6 is 0 Å². The van der Waals surface area contributed by atoms with Crippen molar-refractivity contribution in [2.24, 2.45) is 0 Å². The molecule has 0 spiro atoms. The first-order chi connectivity index (χ1) is 27.8.